The average molecular weight is 718 g/mol. The zero-order chi connectivity index (χ0) is 25.0. The summed E-state index contributed by atoms with van der Waals surface area (Å²) in [5.74, 6) is 0.958. The first-order valence-corrected chi connectivity index (χ1v) is 14.4. The van der Waals surface area contributed by atoms with Gasteiger partial charge >= 0.3 is 0 Å². The fraction of sp³-hybridized carbons (Fsp3) is 0.143. The molecule has 1 aliphatic heterocycles. The molecule has 2 heterocycles. The van der Waals surface area contributed by atoms with Gasteiger partial charge in [-0.15, -0.1) is 0 Å². The zero-order valence-electron chi connectivity index (χ0n) is 19.2. The second-order valence-electron chi connectivity index (χ2n) is 8.71. The molecule has 0 unspecified atom stereocenters. The quantitative estimate of drug-likeness (QED) is 0.295. The number of aryl methyl sites for hydroxylation is 1. The maximum Gasteiger partial charge on any atom is 0.271 e. The number of allylic oxidation sites excluding steroid dienone is 1. The van der Waals surface area contributed by atoms with Crippen LogP contribution in [0.3, 0.4) is 0 Å². The van der Waals surface area contributed by atoms with E-state index in [2.05, 4.69) is 63.4 Å². The van der Waals surface area contributed by atoms with Gasteiger partial charge in [-0.1, -0.05) is 47.7 Å². The van der Waals surface area contributed by atoms with E-state index in [1.807, 2.05) is 47.0 Å². The van der Waals surface area contributed by atoms with Crippen LogP contribution in [-0.2, 0) is 6.42 Å². The van der Waals surface area contributed by atoms with E-state index in [0.717, 1.165) is 48.1 Å². The number of hydrogen-bond donors (Lipinski definition) is 1. The Hall–Kier alpha value is -2.44. The Morgan fingerprint density at radius 3 is 2.67 bits per heavy atom. The van der Waals surface area contributed by atoms with Crippen molar-refractivity contribution < 1.29 is 9.84 Å². The van der Waals surface area contributed by atoms with E-state index in [9.17, 15) is 9.90 Å². The van der Waals surface area contributed by atoms with E-state index in [1.165, 1.54) is 16.9 Å². The molecule has 0 fully saturated rings. The number of benzene rings is 3. The van der Waals surface area contributed by atoms with Gasteiger partial charge in [0.25, 0.3) is 5.56 Å². The first-order valence-electron chi connectivity index (χ1n) is 11.4. The van der Waals surface area contributed by atoms with Crippen molar-refractivity contribution in [3.63, 3.8) is 0 Å². The van der Waals surface area contributed by atoms with Crippen LogP contribution in [0.5, 0.6) is 11.5 Å². The zero-order valence-corrected chi connectivity index (χ0v) is 24.3. The van der Waals surface area contributed by atoms with E-state index < -0.39 is 0 Å². The molecule has 0 amide bonds. The number of aromatic hydroxyl groups is 1. The Balaban J connectivity index is 1.62. The molecule has 1 aromatic heterocycles. The Bertz CT molecular complexity index is 1740. The Labute approximate surface area is 238 Å². The van der Waals surface area contributed by atoms with Gasteiger partial charge in [-0.3, -0.25) is 9.36 Å². The lowest BCUT2D eigenvalue weighted by atomic mass is 9.83. The molecule has 1 aliphatic carbocycles. The number of phenolic OH excluding ortho intramolecular Hbond substituents is 1. The van der Waals surface area contributed by atoms with Crippen LogP contribution >= 0.6 is 56.5 Å². The summed E-state index contributed by atoms with van der Waals surface area (Å²) >= 11 is 5.70. The van der Waals surface area contributed by atoms with E-state index in [-0.39, 0.29) is 17.4 Å². The Morgan fingerprint density at radius 2 is 1.89 bits per heavy atom. The summed E-state index contributed by atoms with van der Waals surface area (Å²) in [6, 6.07) is 19.9. The molecule has 180 valence electrons. The van der Waals surface area contributed by atoms with Gasteiger partial charge in [0.2, 0.25) is 0 Å². The first-order chi connectivity index (χ1) is 17.4. The van der Waals surface area contributed by atoms with Crippen molar-refractivity contribution in [1.82, 2.24) is 4.57 Å². The van der Waals surface area contributed by atoms with Crippen LogP contribution in [-0.4, -0.2) is 16.8 Å². The van der Waals surface area contributed by atoms with Crippen molar-refractivity contribution >= 4 is 68.3 Å². The third-order valence-electron chi connectivity index (χ3n) is 6.65. The first kappa shape index (κ1) is 23.9. The monoisotopic (exact) mass is 718 g/mol. The van der Waals surface area contributed by atoms with Crippen molar-refractivity contribution in [2.75, 3.05) is 7.11 Å². The lowest BCUT2D eigenvalue weighted by molar-refractivity contribution is 0.414. The van der Waals surface area contributed by atoms with Crippen molar-refractivity contribution in [2.45, 2.75) is 18.9 Å². The van der Waals surface area contributed by atoms with E-state index in [1.54, 1.807) is 13.2 Å². The lowest BCUT2D eigenvalue weighted by Crippen LogP contribution is -2.38. The summed E-state index contributed by atoms with van der Waals surface area (Å²) in [5, 5.41) is 10.6. The summed E-state index contributed by atoms with van der Waals surface area (Å²) in [6.45, 7) is 0. The second kappa shape index (κ2) is 9.46. The van der Waals surface area contributed by atoms with Crippen LogP contribution < -0.4 is 19.6 Å². The maximum atomic E-state index is 13.9. The largest absolute Gasteiger partial charge is 0.506 e. The number of aromatic nitrogens is 1. The number of ether oxygens (including phenoxy) is 1. The van der Waals surface area contributed by atoms with Gasteiger partial charge in [-0.05, 0) is 105 Å². The molecule has 4 aromatic rings. The summed E-state index contributed by atoms with van der Waals surface area (Å²) in [4.78, 5) is 19.6. The molecule has 5 nitrogen and oxygen atoms in total. The molecule has 3 aromatic carbocycles. The number of hydrogen-bond acceptors (Lipinski definition) is 5. The number of halogens is 2. The van der Waals surface area contributed by atoms with Gasteiger partial charge in [0.05, 0.1) is 27.0 Å². The molecular weight excluding hydrogens is 698 g/mol. The van der Waals surface area contributed by atoms with Gasteiger partial charge < -0.3 is 9.84 Å². The highest BCUT2D eigenvalue weighted by Gasteiger charge is 2.32. The van der Waals surface area contributed by atoms with Crippen molar-refractivity contribution in [1.29, 1.82) is 0 Å². The standard InChI is InChI=1S/C28H20I2N2O3S/c1-35-19-9-6-16(7-10-19)25-21-11-8-15-4-2-3-5-20(15)24(21)31-28-32(25)27(34)23(36-28)13-17-12-18(29)14-22(30)26(17)33/h2-7,9-10,12-14,25,33H,8,11H2,1H3/b23-13+/t25-/m1/s1. The Kier molecular flexibility index (Phi) is 6.29. The van der Waals surface area contributed by atoms with Crippen molar-refractivity contribution in [3.05, 3.63) is 115 Å². The van der Waals surface area contributed by atoms with Crippen molar-refractivity contribution in [3.8, 4) is 11.5 Å². The Morgan fingerprint density at radius 1 is 1.11 bits per heavy atom. The highest BCUT2D eigenvalue weighted by Crippen LogP contribution is 2.41. The predicted molar refractivity (Wildman–Crippen MR) is 159 cm³/mol. The minimum atomic E-state index is -0.248. The molecule has 1 N–H and O–H groups in total. The van der Waals surface area contributed by atoms with E-state index >= 15 is 0 Å². The molecule has 1 atom stereocenters. The molecule has 0 radical (unpaired) electrons. The summed E-state index contributed by atoms with van der Waals surface area (Å²) < 4.78 is 9.50. The van der Waals surface area contributed by atoms with Gasteiger partial charge in [0.15, 0.2) is 4.80 Å². The van der Waals surface area contributed by atoms with Crippen LogP contribution in [0.25, 0.3) is 11.8 Å². The number of rotatable bonds is 3. The number of fused-ring (bicyclic) bond motifs is 3. The molecule has 6 rings (SSSR count). The van der Waals surface area contributed by atoms with Gasteiger partial charge in [0.1, 0.15) is 11.5 Å². The van der Waals surface area contributed by atoms with Crippen LogP contribution in [0.15, 0.2) is 76.0 Å². The molecule has 8 heteroatoms. The number of nitrogens with zero attached hydrogens (tertiary/aromatic N) is 2. The van der Waals surface area contributed by atoms with Crippen LogP contribution in [0.1, 0.15) is 34.7 Å². The number of phenols is 1. The number of thiazole rings is 1. The van der Waals surface area contributed by atoms with E-state index in [4.69, 9.17) is 9.73 Å². The fourth-order valence-electron chi connectivity index (χ4n) is 4.95. The smallest absolute Gasteiger partial charge is 0.271 e. The van der Waals surface area contributed by atoms with Gasteiger partial charge in [0, 0.05) is 14.7 Å². The molecular formula is C28H20I2N2O3S. The SMILES string of the molecule is COc1ccc([C@@H]2C3=C(N=c4s/c(=C/c5cc(I)cc(I)c5O)c(=O)n42)c2ccccc2CC3)cc1. The maximum absolute atomic E-state index is 13.9. The minimum absolute atomic E-state index is 0.0988. The van der Waals surface area contributed by atoms with Crippen LogP contribution in [0.2, 0.25) is 0 Å². The van der Waals surface area contributed by atoms with Crippen LogP contribution in [0.4, 0.5) is 0 Å². The molecule has 0 spiro atoms. The second-order valence-corrected chi connectivity index (χ2v) is 12.1. The molecule has 0 saturated heterocycles. The summed E-state index contributed by atoms with van der Waals surface area (Å²) in [7, 11) is 1.65. The lowest BCUT2D eigenvalue weighted by Gasteiger charge is -2.30. The highest BCUT2D eigenvalue weighted by atomic mass is 127. The third-order valence-corrected chi connectivity index (χ3v) is 9.08. The molecule has 36 heavy (non-hydrogen) atoms. The van der Waals surface area contributed by atoms with E-state index in [0.29, 0.717) is 14.9 Å². The third kappa shape index (κ3) is 4.03. The minimum Gasteiger partial charge on any atom is -0.506 e. The van der Waals surface area contributed by atoms with Gasteiger partial charge in [-0.25, -0.2) is 4.99 Å². The topological polar surface area (TPSA) is 63.8 Å². The van der Waals surface area contributed by atoms with Crippen LogP contribution in [0, 0.1) is 7.14 Å². The number of methoxy groups -OCH3 is 1. The van der Waals surface area contributed by atoms with Gasteiger partial charge in [-0.2, -0.15) is 0 Å². The summed E-state index contributed by atoms with van der Waals surface area (Å²) in [6.07, 6.45) is 3.54. The highest BCUT2D eigenvalue weighted by molar-refractivity contribution is 14.1. The molecule has 2 aliphatic rings. The predicted octanol–water partition coefficient (Wildman–Crippen LogP) is 5.24. The molecule has 0 saturated carbocycles. The summed E-state index contributed by atoms with van der Waals surface area (Å²) in [5.41, 5.74) is 6.11. The fourth-order valence-corrected chi connectivity index (χ4v) is 7.83. The normalized spacial score (nSPS) is 16.8. The average Bonchev–Trinajstić information content (AvgIpc) is 3.20. The van der Waals surface area contributed by atoms with Crippen molar-refractivity contribution in [2.24, 2.45) is 4.99 Å². The molecule has 0 bridgehead atoms.